The molecule has 2 aliphatic heterocycles. The van der Waals surface area contributed by atoms with Gasteiger partial charge in [-0.15, -0.1) is 0 Å². The van der Waals surface area contributed by atoms with Crippen LogP contribution in [0.2, 0.25) is 0 Å². The second-order valence-corrected chi connectivity index (χ2v) is 7.12. The van der Waals surface area contributed by atoms with Gasteiger partial charge in [-0.1, -0.05) is 12.1 Å². The Hall–Kier alpha value is -2.99. The molecule has 5 nitrogen and oxygen atoms in total. The summed E-state index contributed by atoms with van der Waals surface area (Å²) in [6, 6.07) is 13.1. The van der Waals surface area contributed by atoms with Gasteiger partial charge in [0.2, 0.25) is 5.91 Å². The van der Waals surface area contributed by atoms with E-state index < -0.39 is 0 Å². The van der Waals surface area contributed by atoms with Gasteiger partial charge in [-0.25, -0.2) is 9.29 Å². The number of rotatable bonds is 4. The van der Waals surface area contributed by atoms with Crippen LogP contribution in [0, 0.1) is 5.82 Å². The third-order valence-electron chi connectivity index (χ3n) is 5.51. The molecule has 0 aromatic heterocycles. The number of quaternary nitrogens is 1. The van der Waals surface area contributed by atoms with E-state index in [-0.39, 0.29) is 30.1 Å². The lowest BCUT2D eigenvalue weighted by Gasteiger charge is -2.27. The first kappa shape index (κ1) is 18.4. The molecule has 4 rings (SSSR count). The number of anilines is 1. The highest BCUT2D eigenvalue weighted by Crippen LogP contribution is 2.25. The molecule has 28 heavy (non-hydrogen) atoms. The molecule has 1 saturated heterocycles. The maximum atomic E-state index is 13.1. The Morgan fingerprint density at radius 1 is 1.07 bits per heavy atom. The molecular formula is C22H22FN2O3+. The summed E-state index contributed by atoms with van der Waals surface area (Å²) in [5.74, 6) is 0.116. The van der Waals surface area contributed by atoms with Gasteiger partial charge in [0.05, 0.1) is 32.3 Å². The summed E-state index contributed by atoms with van der Waals surface area (Å²) in [6.07, 6.45) is 3.11. The zero-order chi connectivity index (χ0) is 19.7. The fourth-order valence-corrected chi connectivity index (χ4v) is 3.95. The number of nitrogens with zero attached hydrogens (tertiary/aromatic N) is 1. The second kappa shape index (κ2) is 7.56. The summed E-state index contributed by atoms with van der Waals surface area (Å²) >= 11 is 0. The Morgan fingerprint density at radius 2 is 1.79 bits per heavy atom. The topological polar surface area (TPSA) is 51.0 Å². The number of carbonyl (C=O) groups excluding carboxylic acids is 2. The molecular weight excluding hydrogens is 359 g/mol. The van der Waals surface area contributed by atoms with Crippen LogP contribution in [0.5, 0.6) is 5.75 Å². The van der Waals surface area contributed by atoms with E-state index in [9.17, 15) is 14.0 Å². The van der Waals surface area contributed by atoms with Gasteiger partial charge in [0.15, 0.2) is 6.04 Å². The SMILES string of the molecule is COc1ccc(N2C(=O)C[C@H]([NH+]3CC=C(c4ccc(F)cc4)CC3)C2=O)cc1. The summed E-state index contributed by atoms with van der Waals surface area (Å²) in [5, 5.41) is 0. The van der Waals surface area contributed by atoms with Crippen molar-refractivity contribution < 1.29 is 23.6 Å². The Labute approximate surface area is 163 Å². The lowest BCUT2D eigenvalue weighted by molar-refractivity contribution is -0.909. The lowest BCUT2D eigenvalue weighted by atomic mass is 9.98. The Balaban J connectivity index is 1.47. The van der Waals surface area contributed by atoms with Crippen LogP contribution in [0.4, 0.5) is 10.1 Å². The predicted octanol–water partition coefficient (Wildman–Crippen LogP) is 1.84. The number of methoxy groups -OCH3 is 1. The molecule has 0 saturated carbocycles. The van der Waals surface area contributed by atoms with E-state index >= 15 is 0 Å². The van der Waals surface area contributed by atoms with Gasteiger partial charge in [0.25, 0.3) is 5.91 Å². The first-order valence-electron chi connectivity index (χ1n) is 9.37. The number of amides is 2. The molecule has 0 spiro atoms. The summed E-state index contributed by atoms with van der Waals surface area (Å²) in [7, 11) is 1.57. The van der Waals surface area contributed by atoms with Crippen LogP contribution < -0.4 is 14.5 Å². The number of nitrogens with one attached hydrogen (secondary N) is 1. The van der Waals surface area contributed by atoms with Crippen LogP contribution in [0.3, 0.4) is 0 Å². The van der Waals surface area contributed by atoms with Crippen molar-refractivity contribution in [2.75, 3.05) is 25.1 Å². The monoisotopic (exact) mass is 381 g/mol. The molecule has 6 heteroatoms. The summed E-state index contributed by atoms with van der Waals surface area (Å²) in [6.45, 7) is 1.44. The van der Waals surface area contributed by atoms with E-state index in [1.807, 2.05) is 0 Å². The molecule has 1 fully saturated rings. The molecule has 0 radical (unpaired) electrons. The van der Waals surface area contributed by atoms with Gasteiger partial charge < -0.3 is 9.64 Å². The third kappa shape index (κ3) is 3.43. The minimum absolute atomic E-state index is 0.149. The van der Waals surface area contributed by atoms with E-state index in [0.29, 0.717) is 18.0 Å². The van der Waals surface area contributed by atoms with E-state index in [1.165, 1.54) is 17.0 Å². The van der Waals surface area contributed by atoms with Crippen molar-refractivity contribution in [3.8, 4) is 5.75 Å². The molecule has 1 N–H and O–H groups in total. The molecule has 144 valence electrons. The van der Waals surface area contributed by atoms with Crippen molar-refractivity contribution in [2.24, 2.45) is 0 Å². The van der Waals surface area contributed by atoms with Crippen LogP contribution >= 0.6 is 0 Å². The molecule has 2 aliphatic rings. The summed E-state index contributed by atoms with van der Waals surface area (Å²) in [4.78, 5) is 27.9. The fourth-order valence-electron chi connectivity index (χ4n) is 3.95. The van der Waals surface area contributed by atoms with Gasteiger partial charge in [-0.3, -0.25) is 9.59 Å². The molecule has 0 aliphatic carbocycles. The average molecular weight is 381 g/mol. The normalized spacial score (nSPS) is 22.4. The standard InChI is InChI=1S/C22H21FN2O3/c1-28-19-8-6-18(7-9-19)25-21(26)14-20(22(25)27)24-12-10-16(11-13-24)15-2-4-17(23)5-3-15/h2-10,20H,11-14H2,1H3/p+1/t20-/m0/s1. The molecule has 2 aromatic carbocycles. The maximum Gasteiger partial charge on any atom is 0.292 e. The van der Waals surface area contributed by atoms with Gasteiger partial charge >= 0.3 is 0 Å². The minimum atomic E-state index is -0.361. The first-order chi connectivity index (χ1) is 13.6. The Kier molecular flexibility index (Phi) is 4.96. The minimum Gasteiger partial charge on any atom is -0.497 e. The van der Waals surface area contributed by atoms with Crippen LogP contribution in [-0.2, 0) is 9.59 Å². The smallest absolute Gasteiger partial charge is 0.292 e. The fraction of sp³-hybridized carbons (Fsp3) is 0.273. The number of benzene rings is 2. The molecule has 2 heterocycles. The molecule has 2 aromatic rings. The highest BCUT2D eigenvalue weighted by atomic mass is 19.1. The van der Waals surface area contributed by atoms with Crippen molar-refractivity contribution in [2.45, 2.75) is 18.9 Å². The number of imide groups is 1. The van der Waals surface area contributed by atoms with E-state index in [4.69, 9.17) is 4.74 Å². The summed E-state index contributed by atoms with van der Waals surface area (Å²) < 4.78 is 18.2. The van der Waals surface area contributed by atoms with Crippen molar-refractivity contribution >= 4 is 23.1 Å². The van der Waals surface area contributed by atoms with Crippen LogP contribution in [0.25, 0.3) is 5.57 Å². The van der Waals surface area contributed by atoms with Crippen molar-refractivity contribution in [1.29, 1.82) is 0 Å². The van der Waals surface area contributed by atoms with Crippen LogP contribution in [-0.4, -0.2) is 38.1 Å². The van der Waals surface area contributed by atoms with Gasteiger partial charge in [-0.2, -0.15) is 0 Å². The second-order valence-electron chi connectivity index (χ2n) is 7.12. The molecule has 1 unspecified atom stereocenters. The number of ether oxygens (including phenoxy) is 1. The van der Waals surface area contributed by atoms with E-state index in [2.05, 4.69) is 6.08 Å². The van der Waals surface area contributed by atoms with Crippen LogP contribution in [0.1, 0.15) is 18.4 Å². The van der Waals surface area contributed by atoms with Crippen molar-refractivity contribution in [3.63, 3.8) is 0 Å². The highest BCUT2D eigenvalue weighted by Gasteiger charge is 2.45. The highest BCUT2D eigenvalue weighted by molar-refractivity contribution is 6.21. The Morgan fingerprint density at radius 3 is 2.39 bits per heavy atom. The van der Waals surface area contributed by atoms with Crippen molar-refractivity contribution in [1.82, 2.24) is 0 Å². The van der Waals surface area contributed by atoms with Gasteiger partial charge in [0.1, 0.15) is 11.6 Å². The Bertz CT molecular complexity index is 922. The lowest BCUT2D eigenvalue weighted by Crippen LogP contribution is -3.17. The number of hydrogen-bond donors (Lipinski definition) is 1. The van der Waals surface area contributed by atoms with Crippen LogP contribution in [0.15, 0.2) is 54.6 Å². The number of hydrogen-bond acceptors (Lipinski definition) is 3. The molecule has 0 bridgehead atoms. The van der Waals surface area contributed by atoms with Crippen molar-refractivity contribution in [3.05, 3.63) is 66.0 Å². The van der Waals surface area contributed by atoms with E-state index in [1.54, 1.807) is 43.5 Å². The zero-order valence-electron chi connectivity index (χ0n) is 15.7. The first-order valence-corrected chi connectivity index (χ1v) is 9.37. The number of halogens is 1. The molecule has 2 atom stereocenters. The average Bonchev–Trinajstić information content (AvgIpc) is 3.03. The molecule has 2 amide bonds. The number of carbonyl (C=O) groups is 2. The maximum absolute atomic E-state index is 13.1. The summed E-state index contributed by atoms with van der Waals surface area (Å²) in [5.41, 5.74) is 2.75. The third-order valence-corrected chi connectivity index (χ3v) is 5.51. The van der Waals surface area contributed by atoms with E-state index in [0.717, 1.165) is 29.0 Å². The van der Waals surface area contributed by atoms with Gasteiger partial charge in [0, 0.05) is 6.42 Å². The van der Waals surface area contributed by atoms with Gasteiger partial charge in [-0.05, 0) is 53.6 Å². The quantitative estimate of drug-likeness (QED) is 0.823. The zero-order valence-corrected chi connectivity index (χ0v) is 15.7. The largest absolute Gasteiger partial charge is 0.497 e. The predicted molar refractivity (Wildman–Crippen MR) is 104 cm³/mol.